The molecule has 0 aliphatic carbocycles. The summed E-state index contributed by atoms with van der Waals surface area (Å²) in [6, 6.07) is 5.54. The fraction of sp³-hybridized carbons (Fsp3) is 0.462. The minimum Gasteiger partial charge on any atom is -0.493 e. The third kappa shape index (κ3) is 3.98. The number of carboxylic acids is 1. The second-order valence-corrected chi connectivity index (χ2v) is 4.59. The molecule has 1 rings (SSSR count). The van der Waals surface area contributed by atoms with Gasteiger partial charge in [-0.25, -0.2) is 0 Å². The molecule has 0 spiro atoms. The zero-order valence-electron chi connectivity index (χ0n) is 10.6. The molecule has 1 N–H and O–H groups in total. The predicted molar refractivity (Wildman–Crippen MR) is 64.7 cm³/mol. The summed E-state index contributed by atoms with van der Waals surface area (Å²) in [5, 5.41) is 8.79. The summed E-state index contributed by atoms with van der Waals surface area (Å²) in [7, 11) is 1.56. The van der Waals surface area contributed by atoms with Gasteiger partial charge in [-0.1, -0.05) is 6.07 Å². The van der Waals surface area contributed by atoms with Crippen molar-refractivity contribution in [2.24, 2.45) is 0 Å². The number of rotatable bonds is 5. The normalized spacial score (nSPS) is 11.1. The van der Waals surface area contributed by atoms with E-state index in [4.69, 9.17) is 14.6 Å². The summed E-state index contributed by atoms with van der Waals surface area (Å²) in [6.45, 7) is 5.43. The Kier molecular flexibility index (Phi) is 3.99. The molecule has 0 fully saturated rings. The first-order valence-electron chi connectivity index (χ1n) is 5.39. The van der Waals surface area contributed by atoms with Gasteiger partial charge in [0.2, 0.25) is 0 Å². The lowest BCUT2D eigenvalue weighted by molar-refractivity contribution is -0.140. The molecule has 0 heterocycles. The highest BCUT2D eigenvalue weighted by Gasteiger charge is 2.25. The summed E-state index contributed by atoms with van der Waals surface area (Å²) in [5.74, 6) is 0.286. The Bertz CT molecular complexity index is 410. The van der Waals surface area contributed by atoms with Crippen LogP contribution in [-0.2, 0) is 4.79 Å². The van der Waals surface area contributed by atoms with E-state index in [0.717, 1.165) is 5.56 Å². The summed E-state index contributed by atoms with van der Waals surface area (Å²) >= 11 is 0. The highest BCUT2D eigenvalue weighted by atomic mass is 16.5. The van der Waals surface area contributed by atoms with E-state index in [0.29, 0.717) is 11.5 Å². The van der Waals surface area contributed by atoms with Crippen LogP contribution in [0.25, 0.3) is 0 Å². The lowest BCUT2D eigenvalue weighted by Crippen LogP contribution is -2.31. The molecular formula is C13H18O4. The number of carboxylic acid groups (broad SMARTS) is 1. The maximum atomic E-state index is 10.7. The highest BCUT2D eigenvalue weighted by molar-refractivity contribution is 5.68. The van der Waals surface area contributed by atoms with E-state index in [2.05, 4.69) is 0 Å². The number of hydrogen-bond donors (Lipinski definition) is 1. The van der Waals surface area contributed by atoms with Gasteiger partial charge in [0.1, 0.15) is 5.60 Å². The van der Waals surface area contributed by atoms with Crippen molar-refractivity contribution in [1.82, 2.24) is 0 Å². The van der Waals surface area contributed by atoms with Crippen LogP contribution in [-0.4, -0.2) is 23.8 Å². The standard InChI is InChI=1S/C13H18O4/c1-9-5-6-10(11(7-9)16-4)17-13(2,3)8-12(14)15/h5-7H,8H2,1-4H3,(H,14,15). The maximum absolute atomic E-state index is 10.7. The van der Waals surface area contributed by atoms with Gasteiger partial charge in [0.25, 0.3) is 0 Å². The largest absolute Gasteiger partial charge is 0.493 e. The van der Waals surface area contributed by atoms with Gasteiger partial charge in [-0.15, -0.1) is 0 Å². The maximum Gasteiger partial charge on any atom is 0.307 e. The Labute approximate surface area is 101 Å². The first-order valence-corrected chi connectivity index (χ1v) is 5.39. The topological polar surface area (TPSA) is 55.8 Å². The van der Waals surface area contributed by atoms with Crippen LogP contribution < -0.4 is 9.47 Å². The molecule has 17 heavy (non-hydrogen) atoms. The Balaban J connectivity index is 2.90. The number of aliphatic carboxylic acids is 1. The van der Waals surface area contributed by atoms with Crippen molar-refractivity contribution in [2.75, 3.05) is 7.11 Å². The Morgan fingerprint density at radius 3 is 2.53 bits per heavy atom. The van der Waals surface area contributed by atoms with E-state index in [-0.39, 0.29) is 6.42 Å². The zero-order valence-corrected chi connectivity index (χ0v) is 10.6. The van der Waals surface area contributed by atoms with Gasteiger partial charge in [-0.3, -0.25) is 4.79 Å². The zero-order chi connectivity index (χ0) is 13.1. The predicted octanol–water partition coefficient (Wildman–Crippen LogP) is 2.64. The number of ether oxygens (including phenoxy) is 2. The summed E-state index contributed by atoms with van der Waals surface area (Å²) in [6.07, 6.45) is -0.0654. The number of methoxy groups -OCH3 is 1. The minimum atomic E-state index is -0.888. The van der Waals surface area contributed by atoms with E-state index < -0.39 is 11.6 Å². The molecule has 4 nitrogen and oxygen atoms in total. The lowest BCUT2D eigenvalue weighted by atomic mass is 10.1. The molecule has 1 aromatic rings. The van der Waals surface area contributed by atoms with Crippen LogP contribution >= 0.6 is 0 Å². The Hall–Kier alpha value is -1.71. The average Bonchev–Trinajstić information content (AvgIpc) is 2.18. The van der Waals surface area contributed by atoms with Crippen LogP contribution in [0.5, 0.6) is 11.5 Å². The van der Waals surface area contributed by atoms with E-state index in [9.17, 15) is 4.79 Å². The molecule has 0 aliphatic heterocycles. The van der Waals surface area contributed by atoms with Gasteiger partial charge in [-0.05, 0) is 38.5 Å². The lowest BCUT2D eigenvalue weighted by Gasteiger charge is -2.25. The molecule has 4 heteroatoms. The first-order chi connectivity index (χ1) is 7.84. The molecule has 0 amide bonds. The molecular weight excluding hydrogens is 220 g/mol. The molecule has 0 unspecified atom stereocenters. The molecule has 0 radical (unpaired) electrons. The smallest absolute Gasteiger partial charge is 0.307 e. The molecule has 0 bridgehead atoms. The highest BCUT2D eigenvalue weighted by Crippen LogP contribution is 2.31. The monoisotopic (exact) mass is 238 g/mol. The van der Waals surface area contributed by atoms with Gasteiger partial charge in [0.05, 0.1) is 13.5 Å². The number of aryl methyl sites for hydroxylation is 1. The van der Waals surface area contributed by atoms with Crippen molar-refractivity contribution in [2.45, 2.75) is 32.8 Å². The number of benzene rings is 1. The summed E-state index contributed by atoms with van der Waals surface area (Å²) in [5.41, 5.74) is 0.291. The second-order valence-electron chi connectivity index (χ2n) is 4.59. The van der Waals surface area contributed by atoms with Gasteiger partial charge in [0.15, 0.2) is 11.5 Å². The first kappa shape index (κ1) is 13.4. The van der Waals surface area contributed by atoms with E-state index in [1.54, 1.807) is 27.0 Å². The SMILES string of the molecule is COc1cc(C)ccc1OC(C)(C)CC(=O)O. The van der Waals surface area contributed by atoms with Crippen LogP contribution in [0.3, 0.4) is 0 Å². The molecule has 94 valence electrons. The van der Waals surface area contributed by atoms with E-state index >= 15 is 0 Å². The quantitative estimate of drug-likeness (QED) is 0.856. The van der Waals surface area contributed by atoms with Crippen LogP contribution in [0.2, 0.25) is 0 Å². The van der Waals surface area contributed by atoms with Crippen molar-refractivity contribution in [3.05, 3.63) is 23.8 Å². The van der Waals surface area contributed by atoms with Gasteiger partial charge in [-0.2, -0.15) is 0 Å². The van der Waals surface area contributed by atoms with Crippen molar-refractivity contribution in [3.8, 4) is 11.5 Å². The van der Waals surface area contributed by atoms with Crippen molar-refractivity contribution < 1.29 is 19.4 Å². The summed E-state index contributed by atoms with van der Waals surface area (Å²) in [4.78, 5) is 10.7. The van der Waals surface area contributed by atoms with Crippen molar-refractivity contribution >= 4 is 5.97 Å². The Morgan fingerprint density at radius 1 is 1.35 bits per heavy atom. The van der Waals surface area contributed by atoms with Crippen LogP contribution in [0, 0.1) is 6.92 Å². The third-order valence-corrected chi connectivity index (χ3v) is 2.28. The molecule has 0 atom stereocenters. The van der Waals surface area contributed by atoms with E-state index in [1.807, 2.05) is 19.1 Å². The van der Waals surface area contributed by atoms with Crippen LogP contribution in [0.15, 0.2) is 18.2 Å². The molecule has 0 aromatic heterocycles. The number of hydrogen-bond acceptors (Lipinski definition) is 3. The van der Waals surface area contributed by atoms with Crippen LogP contribution in [0.4, 0.5) is 0 Å². The van der Waals surface area contributed by atoms with Gasteiger partial charge < -0.3 is 14.6 Å². The molecule has 1 aromatic carbocycles. The molecule has 0 saturated heterocycles. The van der Waals surface area contributed by atoms with E-state index in [1.165, 1.54) is 0 Å². The number of carbonyl (C=O) groups is 1. The summed E-state index contributed by atoms with van der Waals surface area (Å²) < 4.78 is 10.9. The molecule has 0 saturated carbocycles. The average molecular weight is 238 g/mol. The van der Waals surface area contributed by atoms with Crippen LogP contribution in [0.1, 0.15) is 25.8 Å². The van der Waals surface area contributed by atoms with Gasteiger partial charge >= 0.3 is 5.97 Å². The molecule has 0 aliphatic rings. The van der Waals surface area contributed by atoms with Crippen molar-refractivity contribution in [3.63, 3.8) is 0 Å². The third-order valence-electron chi connectivity index (χ3n) is 2.28. The van der Waals surface area contributed by atoms with Gasteiger partial charge in [0, 0.05) is 0 Å². The fourth-order valence-corrected chi connectivity index (χ4v) is 1.56. The Morgan fingerprint density at radius 2 is 2.00 bits per heavy atom. The second kappa shape index (κ2) is 5.08. The van der Waals surface area contributed by atoms with Crippen molar-refractivity contribution in [1.29, 1.82) is 0 Å². The fourth-order valence-electron chi connectivity index (χ4n) is 1.56. The minimum absolute atomic E-state index is 0.0654.